The summed E-state index contributed by atoms with van der Waals surface area (Å²) in [4.78, 5) is 25.9. The molecule has 0 aliphatic heterocycles. The number of nitrogens with zero attached hydrogens (tertiary/aromatic N) is 2. The van der Waals surface area contributed by atoms with Crippen LogP contribution in [0.1, 0.15) is 15.9 Å². The summed E-state index contributed by atoms with van der Waals surface area (Å²) in [6.45, 7) is 0.136. The van der Waals surface area contributed by atoms with E-state index in [4.69, 9.17) is 23.2 Å². The van der Waals surface area contributed by atoms with Crippen molar-refractivity contribution in [2.75, 3.05) is 0 Å². The molecular formula is C13H9Cl2N3O3. The van der Waals surface area contributed by atoms with Gasteiger partial charge in [0.25, 0.3) is 11.6 Å². The first-order chi connectivity index (χ1) is 9.97. The number of halogens is 2. The lowest BCUT2D eigenvalue weighted by Gasteiger charge is -2.07. The molecule has 108 valence electrons. The van der Waals surface area contributed by atoms with Crippen LogP contribution < -0.4 is 5.32 Å². The lowest BCUT2D eigenvalue weighted by molar-refractivity contribution is -0.384. The number of non-ortho nitro benzene ring substituents is 1. The van der Waals surface area contributed by atoms with Gasteiger partial charge in [0.15, 0.2) is 0 Å². The first kappa shape index (κ1) is 15.2. The van der Waals surface area contributed by atoms with Gasteiger partial charge in [0, 0.05) is 24.9 Å². The van der Waals surface area contributed by atoms with Crippen molar-refractivity contribution in [3.8, 4) is 0 Å². The van der Waals surface area contributed by atoms with Gasteiger partial charge in [0.05, 0.1) is 15.5 Å². The average Bonchev–Trinajstić information content (AvgIpc) is 2.47. The van der Waals surface area contributed by atoms with Crippen LogP contribution in [0.5, 0.6) is 0 Å². The average molecular weight is 326 g/mol. The molecule has 0 aliphatic rings. The Labute approximate surface area is 129 Å². The van der Waals surface area contributed by atoms with Crippen molar-refractivity contribution in [3.63, 3.8) is 0 Å². The molecular weight excluding hydrogens is 317 g/mol. The van der Waals surface area contributed by atoms with Crippen LogP contribution in [0.3, 0.4) is 0 Å². The van der Waals surface area contributed by atoms with Crippen LogP contribution in [0.15, 0.2) is 36.5 Å². The van der Waals surface area contributed by atoms with Crippen molar-refractivity contribution in [3.05, 3.63) is 67.9 Å². The molecule has 21 heavy (non-hydrogen) atoms. The molecule has 1 aromatic carbocycles. The summed E-state index contributed by atoms with van der Waals surface area (Å²) in [7, 11) is 0. The topological polar surface area (TPSA) is 85.1 Å². The van der Waals surface area contributed by atoms with E-state index in [0.29, 0.717) is 5.56 Å². The SMILES string of the molecule is O=C(NCc1cccc([N+](=O)[O-])c1)c1cc(Cl)ncc1Cl. The zero-order valence-electron chi connectivity index (χ0n) is 10.5. The highest BCUT2D eigenvalue weighted by Crippen LogP contribution is 2.18. The van der Waals surface area contributed by atoms with E-state index < -0.39 is 10.8 Å². The molecule has 0 atom stereocenters. The van der Waals surface area contributed by atoms with Gasteiger partial charge in [0.1, 0.15) is 5.15 Å². The summed E-state index contributed by atoms with van der Waals surface area (Å²) >= 11 is 11.6. The van der Waals surface area contributed by atoms with Gasteiger partial charge >= 0.3 is 0 Å². The Hall–Kier alpha value is -2.18. The van der Waals surface area contributed by atoms with E-state index in [2.05, 4.69) is 10.3 Å². The lowest BCUT2D eigenvalue weighted by Crippen LogP contribution is -2.23. The maximum absolute atomic E-state index is 12.0. The third-order valence-electron chi connectivity index (χ3n) is 2.64. The van der Waals surface area contributed by atoms with Crippen LogP contribution in [-0.4, -0.2) is 15.8 Å². The maximum atomic E-state index is 12.0. The summed E-state index contributed by atoms with van der Waals surface area (Å²) in [5, 5.41) is 13.6. The number of nitrogens with one attached hydrogen (secondary N) is 1. The van der Waals surface area contributed by atoms with E-state index in [-0.39, 0.29) is 28.0 Å². The van der Waals surface area contributed by atoms with Crippen LogP contribution in [0.4, 0.5) is 5.69 Å². The van der Waals surface area contributed by atoms with Crippen LogP contribution in [0.25, 0.3) is 0 Å². The summed E-state index contributed by atoms with van der Waals surface area (Å²) in [5.74, 6) is -0.434. The normalized spacial score (nSPS) is 10.2. The summed E-state index contributed by atoms with van der Waals surface area (Å²) < 4.78 is 0. The molecule has 0 bridgehead atoms. The Morgan fingerprint density at radius 2 is 2.10 bits per heavy atom. The molecule has 0 unspecified atom stereocenters. The molecule has 0 fully saturated rings. The van der Waals surface area contributed by atoms with Gasteiger partial charge in [-0.05, 0) is 11.6 Å². The van der Waals surface area contributed by atoms with Gasteiger partial charge in [-0.2, -0.15) is 0 Å². The molecule has 0 saturated heterocycles. The maximum Gasteiger partial charge on any atom is 0.269 e. The largest absolute Gasteiger partial charge is 0.348 e. The van der Waals surface area contributed by atoms with Gasteiger partial charge in [-0.25, -0.2) is 4.98 Å². The van der Waals surface area contributed by atoms with Crippen LogP contribution >= 0.6 is 23.2 Å². The van der Waals surface area contributed by atoms with Gasteiger partial charge < -0.3 is 5.32 Å². The van der Waals surface area contributed by atoms with Gasteiger partial charge in [-0.15, -0.1) is 0 Å². The standard InChI is InChI=1S/C13H9Cl2N3O3/c14-11-7-16-12(15)5-10(11)13(19)17-6-8-2-1-3-9(4-8)18(20)21/h1-5,7H,6H2,(H,17,19). The fraction of sp³-hybridized carbons (Fsp3) is 0.0769. The fourth-order valence-corrected chi connectivity index (χ4v) is 1.99. The van der Waals surface area contributed by atoms with Crippen molar-refractivity contribution in [1.29, 1.82) is 0 Å². The van der Waals surface area contributed by atoms with Crippen molar-refractivity contribution < 1.29 is 9.72 Å². The van der Waals surface area contributed by atoms with Gasteiger partial charge in [-0.1, -0.05) is 35.3 Å². The quantitative estimate of drug-likeness (QED) is 0.531. The number of nitro groups is 1. The molecule has 8 heteroatoms. The van der Waals surface area contributed by atoms with Crippen molar-refractivity contribution in [1.82, 2.24) is 10.3 Å². The summed E-state index contributed by atoms with van der Waals surface area (Å²) in [6, 6.07) is 7.35. The predicted molar refractivity (Wildman–Crippen MR) is 78.5 cm³/mol. The van der Waals surface area contributed by atoms with Crippen molar-refractivity contribution in [2.45, 2.75) is 6.54 Å². The molecule has 0 spiro atoms. The van der Waals surface area contributed by atoms with E-state index in [1.54, 1.807) is 12.1 Å². The van der Waals surface area contributed by atoms with Crippen molar-refractivity contribution >= 4 is 34.8 Å². The summed E-state index contributed by atoms with van der Waals surface area (Å²) in [5.41, 5.74) is 0.766. The predicted octanol–water partition coefficient (Wildman–Crippen LogP) is 3.23. The minimum atomic E-state index is -0.495. The second kappa shape index (κ2) is 6.51. The second-order valence-corrected chi connectivity index (χ2v) is 4.89. The first-order valence-corrected chi connectivity index (χ1v) is 6.55. The first-order valence-electron chi connectivity index (χ1n) is 5.80. The molecule has 2 rings (SSSR count). The molecule has 0 radical (unpaired) electrons. The number of benzene rings is 1. The molecule has 0 aliphatic carbocycles. The van der Waals surface area contributed by atoms with Crippen molar-refractivity contribution in [2.24, 2.45) is 0 Å². The molecule has 6 nitrogen and oxygen atoms in total. The van der Waals surface area contributed by atoms with Gasteiger partial charge in [0.2, 0.25) is 0 Å². The number of carbonyl (C=O) groups excluding carboxylic acids is 1. The van der Waals surface area contributed by atoms with Crippen LogP contribution in [0, 0.1) is 10.1 Å². The fourth-order valence-electron chi connectivity index (χ4n) is 1.64. The molecule has 0 saturated carbocycles. The summed E-state index contributed by atoms with van der Waals surface area (Å²) in [6.07, 6.45) is 1.28. The zero-order valence-corrected chi connectivity index (χ0v) is 12.1. The van der Waals surface area contributed by atoms with E-state index in [9.17, 15) is 14.9 Å². The minimum Gasteiger partial charge on any atom is -0.348 e. The number of amides is 1. The Morgan fingerprint density at radius 1 is 1.33 bits per heavy atom. The second-order valence-electron chi connectivity index (χ2n) is 4.10. The Morgan fingerprint density at radius 3 is 2.81 bits per heavy atom. The molecule has 2 aromatic rings. The van der Waals surface area contributed by atoms with E-state index in [0.717, 1.165) is 0 Å². The monoisotopic (exact) mass is 325 g/mol. The lowest BCUT2D eigenvalue weighted by atomic mass is 10.2. The minimum absolute atomic E-state index is 0.0354. The highest BCUT2D eigenvalue weighted by Gasteiger charge is 2.12. The Bertz CT molecular complexity index is 707. The molecule has 1 N–H and O–H groups in total. The van der Waals surface area contributed by atoms with Crippen LogP contribution in [0.2, 0.25) is 10.2 Å². The molecule has 1 amide bonds. The van der Waals surface area contributed by atoms with E-state index >= 15 is 0 Å². The number of nitro benzene ring substituents is 1. The molecule has 1 aromatic heterocycles. The highest BCUT2D eigenvalue weighted by atomic mass is 35.5. The third-order valence-corrected chi connectivity index (χ3v) is 3.15. The Balaban J connectivity index is 2.09. The number of rotatable bonds is 4. The number of hydrogen-bond donors (Lipinski definition) is 1. The smallest absolute Gasteiger partial charge is 0.269 e. The Kier molecular flexibility index (Phi) is 4.72. The van der Waals surface area contributed by atoms with E-state index in [1.807, 2.05) is 0 Å². The van der Waals surface area contributed by atoms with Crippen LogP contribution in [-0.2, 0) is 6.54 Å². The number of hydrogen-bond acceptors (Lipinski definition) is 4. The highest BCUT2D eigenvalue weighted by molar-refractivity contribution is 6.35. The number of pyridine rings is 1. The third kappa shape index (κ3) is 3.90. The number of aromatic nitrogens is 1. The molecule has 1 heterocycles. The van der Waals surface area contributed by atoms with Gasteiger partial charge in [-0.3, -0.25) is 14.9 Å². The zero-order chi connectivity index (χ0) is 15.4. The van der Waals surface area contributed by atoms with E-state index in [1.165, 1.54) is 24.4 Å². The number of carbonyl (C=O) groups is 1.